The Labute approximate surface area is 115 Å². The number of hydrogen-bond donors (Lipinski definition) is 1. The first-order chi connectivity index (χ1) is 9.20. The van der Waals surface area contributed by atoms with Gasteiger partial charge in [-0.05, 0) is 49.9 Å². The molecule has 1 unspecified atom stereocenters. The maximum atomic E-state index is 11.4. The molecule has 1 saturated carbocycles. The maximum Gasteiger partial charge on any atom is 0.337 e. The molecule has 3 nitrogen and oxygen atoms in total. The molecule has 1 fully saturated rings. The zero-order valence-corrected chi connectivity index (χ0v) is 11.8. The lowest BCUT2D eigenvalue weighted by Gasteiger charge is -2.29. The van der Waals surface area contributed by atoms with Crippen molar-refractivity contribution in [2.24, 2.45) is 5.92 Å². The third-order valence-electron chi connectivity index (χ3n) is 4.06. The number of hydrogen-bond acceptors (Lipinski definition) is 3. The molecule has 0 aliphatic heterocycles. The average molecular weight is 261 g/mol. The number of benzene rings is 1. The van der Waals surface area contributed by atoms with Gasteiger partial charge in [0.25, 0.3) is 0 Å². The summed E-state index contributed by atoms with van der Waals surface area (Å²) in [7, 11) is 1.40. The van der Waals surface area contributed by atoms with Gasteiger partial charge in [0.1, 0.15) is 0 Å². The molecule has 1 aromatic carbocycles. The van der Waals surface area contributed by atoms with Gasteiger partial charge in [-0.1, -0.05) is 19.3 Å². The molecule has 0 radical (unpaired) electrons. The first-order valence-corrected chi connectivity index (χ1v) is 7.15. The summed E-state index contributed by atoms with van der Waals surface area (Å²) in [6.45, 7) is 2.25. The fraction of sp³-hybridized carbons (Fsp3) is 0.562. The SMILES string of the molecule is COC(=O)c1ccc(NC(C)C2CCCCC2)cc1. The molecule has 1 aliphatic rings. The van der Waals surface area contributed by atoms with Gasteiger partial charge in [-0.25, -0.2) is 4.79 Å². The average Bonchev–Trinajstić information content (AvgIpc) is 2.48. The highest BCUT2D eigenvalue weighted by Gasteiger charge is 2.19. The fourth-order valence-corrected chi connectivity index (χ4v) is 2.84. The van der Waals surface area contributed by atoms with Crippen molar-refractivity contribution < 1.29 is 9.53 Å². The minimum absolute atomic E-state index is 0.285. The monoisotopic (exact) mass is 261 g/mol. The Kier molecular flexibility index (Phi) is 4.83. The molecular weight excluding hydrogens is 238 g/mol. The zero-order valence-electron chi connectivity index (χ0n) is 11.8. The maximum absolute atomic E-state index is 11.4. The van der Waals surface area contributed by atoms with E-state index >= 15 is 0 Å². The van der Waals surface area contributed by atoms with E-state index in [-0.39, 0.29) is 5.97 Å². The van der Waals surface area contributed by atoms with Gasteiger partial charge >= 0.3 is 5.97 Å². The first-order valence-electron chi connectivity index (χ1n) is 7.15. The van der Waals surface area contributed by atoms with Gasteiger partial charge < -0.3 is 10.1 Å². The molecule has 3 heteroatoms. The lowest BCUT2D eigenvalue weighted by atomic mass is 9.84. The highest BCUT2D eigenvalue weighted by Crippen LogP contribution is 2.28. The van der Waals surface area contributed by atoms with E-state index in [0.29, 0.717) is 11.6 Å². The van der Waals surface area contributed by atoms with Crippen LogP contribution in [0.4, 0.5) is 5.69 Å². The van der Waals surface area contributed by atoms with Crippen molar-refractivity contribution in [3.63, 3.8) is 0 Å². The molecule has 0 bridgehead atoms. The third kappa shape index (κ3) is 3.72. The predicted octanol–water partition coefficient (Wildman–Crippen LogP) is 3.85. The molecular formula is C16H23NO2. The summed E-state index contributed by atoms with van der Waals surface area (Å²) in [5.74, 6) is 0.487. The van der Waals surface area contributed by atoms with Gasteiger partial charge in [-0.2, -0.15) is 0 Å². The number of anilines is 1. The highest BCUT2D eigenvalue weighted by molar-refractivity contribution is 5.89. The Hall–Kier alpha value is -1.51. The fourth-order valence-electron chi connectivity index (χ4n) is 2.84. The lowest BCUT2D eigenvalue weighted by Crippen LogP contribution is -2.27. The number of rotatable bonds is 4. The van der Waals surface area contributed by atoms with Crippen LogP contribution in [-0.4, -0.2) is 19.1 Å². The van der Waals surface area contributed by atoms with Crippen LogP contribution in [-0.2, 0) is 4.74 Å². The molecule has 104 valence electrons. The quantitative estimate of drug-likeness (QED) is 0.836. The number of ether oxygens (including phenoxy) is 1. The van der Waals surface area contributed by atoms with Crippen LogP contribution in [0.15, 0.2) is 24.3 Å². The van der Waals surface area contributed by atoms with Crippen LogP contribution in [0.1, 0.15) is 49.4 Å². The van der Waals surface area contributed by atoms with Crippen LogP contribution in [0, 0.1) is 5.92 Å². The van der Waals surface area contributed by atoms with Crippen molar-refractivity contribution in [3.05, 3.63) is 29.8 Å². The van der Waals surface area contributed by atoms with Crippen LogP contribution in [0.2, 0.25) is 0 Å². The summed E-state index contributed by atoms with van der Waals surface area (Å²) in [4.78, 5) is 11.4. The van der Waals surface area contributed by atoms with Gasteiger partial charge in [0.2, 0.25) is 0 Å². The van der Waals surface area contributed by atoms with E-state index in [1.165, 1.54) is 39.2 Å². The van der Waals surface area contributed by atoms with Crippen LogP contribution in [0.3, 0.4) is 0 Å². The van der Waals surface area contributed by atoms with E-state index in [9.17, 15) is 4.79 Å². The molecule has 1 N–H and O–H groups in total. The second-order valence-electron chi connectivity index (χ2n) is 5.40. The van der Waals surface area contributed by atoms with E-state index in [0.717, 1.165) is 11.6 Å². The van der Waals surface area contributed by atoms with Gasteiger partial charge in [0.15, 0.2) is 0 Å². The Balaban J connectivity index is 1.93. The third-order valence-corrected chi connectivity index (χ3v) is 4.06. The Morgan fingerprint density at radius 3 is 2.42 bits per heavy atom. The highest BCUT2D eigenvalue weighted by atomic mass is 16.5. The van der Waals surface area contributed by atoms with Gasteiger partial charge in [0.05, 0.1) is 12.7 Å². The minimum Gasteiger partial charge on any atom is -0.465 e. The van der Waals surface area contributed by atoms with Crippen molar-refractivity contribution in [2.75, 3.05) is 12.4 Å². The normalized spacial score (nSPS) is 17.8. The Morgan fingerprint density at radius 1 is 1.21 bits per heavy atom. The minimum atomic E-state index is -0.285. The van der Waals surface area contributed by atoms with Crippen LogP contribution < -0.4 is 5.32 Å². The summed E-state index contributed by atoms with van der Waals surface area (Å²) in [5.41, 5.74) is 1.67. The molecule has 19 heavy (non-hydrogen) atoms. The summed E-state index contributed by atoms with van der Waals surface area (Å²) in [6, 6.07) is 8.00. The Morgan fingerprint density at radius 2 is 1.84 bits per heavy atom. The molecule has 0 spiro atoms. The molecule has 1 atom stereocenters. The summed E-state index contributed by atoms with van der Waals surface area (Å²) < 4.78 is 4.69. The topological polar surface area (TPSA) is 38.3 Å². The lowest BCUT2D eigenvalue weighted by molar-refractivity contribution is 0.0601. The smallest absolute Gasteiger partial charge is 0.337 e. The van der Waals surface area contributed by atoms with Crippen LogP contribution >= 0.6 is 0 Å². The van der Waals surface area contributed by atoms with Crippen molar-refractivity contribution in [2.45, 2.75) is 45.1 Å². The first kappa shape index (κ1) is 13.9. The number of methoxy groups -OCH3 is 1. The van der Waals surface area contributed by atoms with E-state index in [1.54, 1.807) is 0 Å². The van der Waals surface area contributed by atoms with Gasteiger partial charge in [-0.3, -0.25) is 0 Å². The largest absolute Gasteiger partial charge is 0.465 e. The molecule has 1 aromatic rings. The molecule has 0 saturated heterocycles. The molecule has 1 aliphatic carbocycles. The summed E-state index contributed by atoms with van der Waals surface area (Å²) in [5, 5.41) is 3.54. The zero-order chi connectivity index (χ0) is 13.7. The number of esters is 1. The number of carbonyl (C=O) groups excluding carboxylic acids is 1. The molecule has 0 aromatic heterocycles. The second kappa shape index (κ2) is 6.60. The predicted molar refractivity (Wildman–Crippen MR) is 77.4 cm³/mol. The van der Waals surface area contributed by atoms with Crippen molar-refractivity contribution in [1.82, 2.24) is 0 Å². The van der Waals surface area contributed by atoms with Crippen LogP contribution in [0.25, 0.3) is 0 Å². The summed E-state index contributed by atoms with van der Waals surface area (Å²) >= 11 is 0. The molecule has 2 rings (SSSR count). The number of nitrogens with one attached hydrogen (secondary N) is 1. The Bertz CT molecular complexity index is 407. The van der Waals surface area contributed by atoms with E-state index in [2.05, 4.69) is 12.2 Å². The van der Waals surface area contributed by atoms with Gasteiger partial charge in [0, 0.05) is 11.7 Å². The van der Waals surface area contributed by atoms with Crippen molar-refractivity contribution in [3.8, 4) is 0 Å². The standard InChI is InChI=1S/C16H23NO2/c1-12(13-6-4-3-5-7-13)17-15-10-8-14(9-11-15)16(18)19-2/h8-13,17H,3-7H2,1-2H3. The van der Waals surface area contributed by atoms with Crippen LogP contribution in [0.5, 0.6) is 0 Å². The second-order valence-corrected chi connectivity index (χ2v) is 5.40. The van der Waals surface area contributed by atoms with Gasteiger partial charge in [-0.15, -0.1) is 0 Å². The molecule has 0 heterocycles. The van der Waals surface area contributed by atoms with Crippen molar-refractivity contribution in [1.29, 1.82) is 0 Å². The summed E-state index contributed by atoms with van der Waals surface area (Å²) in [6.07, 6.45) is 6.76. The number of carbonyl (C=O) groups is 1. The van der Waals surface area contributed by atoms with E-state index in [1.807, 2.05) is 24.3 Å². The van der Waals surface area contributed by atoms with E-state index < -0.39 is 0 Å². The molecule has 0 amide bonds. The van der Waals surface area contributed by atoms with E-state index in [4.69, 9.17) is 4.74 Å². The van der Waals surface area contributed by atoms with Crippen molar-refractivity contribution >= 4 is 11.7 Å².